The van der Waals surface area contributed by atoms with Crippen molar-refractivity contribution >= 4 is 0 Å². The molecule has 5 atom stereocenters. The Morgan fingerprint density at radius 1 is 1.20 bits per heavy atom. The molecule has 2 rings (SSSR count). The molecule has 20 heavy (non-hydrogen) atoms. The Morgan fingerprint density at radius 3 is 2.45 bits per heavy atom. The van der Waals surface area contributed by atoms with Crippen LogP contribution in [-0.2, 0) is 16.1 Å². The van der Waals surface area contributed by atoms with Gasteiger partial charge in [0, 0.05) is 0 Å². The first-order valence-electron chi connectivity index (χ1n) is 6.17. The van der Waals surface area contributed by atoms with Crippen LogP contribution >= 0.6 is 0 Å². The van der Waals surface area contributed by atoms with Gasteiger partial charge in [-0.05, 0) is 5.56 Å². The minimum Gasteiger partial charge on any atom is -0.394 e. The van der Waals surface area contributed by atoms with Crippen molar-refractivity contribution < 1.29 is 34.3 Å². The van der Waals surface area contributed by atoms with Crippen molar-refractivity contribution in [1.29, 1.82) is 0 Å². The second kappa shape index (κ2) is 6.13. The van der Waals surface area contributed by atoms with E-state index in [1.165, 1.54) is 0 Å². The lowest BCUT2D eigenvalue weighted by Crippen LogP contribution is -2.64. The lowest BCUT2D eigenvalue weighted by Gasteiger charge is -2.42. The van der Waals surface area contributed by atoms with Gasteiger partial charge < -0.3 is 29.9 Å². The Labute approximate surface area is 115 Å². The molecule has 4 N–H and O–H groups in total. The van der Waals surface area contributed by atoms with E-state index in [2.05, 4.69) is 4.74 Å². The number of aliphatic hydroxyl groups is 4. The third-order valence-corrected chi connectivity index (χ3v) is 3.16. The average molecular weight is 288 g/mol. The van der Waals surface area contributed by atoms with Gasteiger partial charge in [0.15, 0.2) is 6.10 Å². The van der Waals surface area contributed by atoms with Gasteiger partial charge in [0.05, 0.1) is 13.2 Å². The van der Waals surface area contributed by atoms with Crippen molar-refractivity contribution in [1.82, 2.24) is 0 Å². The van der Waals surface area contributed by atoms with E-state index in [0.29, 0.717) is 5.56 Å². The maximum atomic E-state index is 13.9. The summed E-state index contributed by atoms with van der Waals surface area (Å²) in [6.45, 7) is -0.815. The number of benzene rings is 1. The molecule has 1 aliphatic heterocycles. The highest BCUT2D eigenvalue weighted by molar-refractivity contribution is 5.13. The van der Waals surface area contributed by atoms with Gasteiger partial charge in [-0.25, -0.2) is 0 Å². The van der Waals surface area contributed by atoms with Crippen molar-refractivity contribution in [2.75, 3.05) is 6.61 Å². The SMILES string of the molecule is OC[C@H]1OC(O)(F)[C@H](OCc2ccccc2)[C@@H](O)[C@H]1O. The molecule has 6 nitrogen and oxygen atoms in total. The van der Waals surface area contributed by atoms with E-state index in [4.69, 9.17) is 9.84 Å². The molecule has 1 aromatic rings. The third kappa shape index (κ3) is 3.14. The lowest BCUT2D eigenvalue weighted by molar-refractivity contribution is -0.410. The average Bonchev–Trinajstić information content (AvgIpc) is 2.43. The van der Waals surface area contributed by atoms with Crippen molar-refractivity contribution in [2.24, 2.45) is 0 Å². The standard InChI is InChI=1S/C13H17FO6/c14-13(18)12(11(17)10(16)9(6-15)20-13)19-7-8-4-2-1-3-5-8/h1-5,9-12,15-18H,6-7H2/t9-,10+,11+,12-,13?/m1/s1. The quantitative estimate of drug-likeness (QED) is 0.585. The number of alkyl halides is 1. The molecule has 1 aromatic carbocycles. The van der Waals surface area contributed by atoms with E-state index in [9.17, 15) is 19.7 Å². The van der Waals surface area contributed by atoms with E-state index in [1.807, 2.05) is 0 Å². The molecule has 0 spiro atoms. The molecule has 1 unspecified atom stereocenters. The van der Waals surface area contributed by atoms with Crippen LogP contribution in [0.1, 0.15) is 5.56 Å². The van der Waals surface area contributed by atoms with Crippen LogP contribution in [0, 0.1) is 0 Å². The van der Waals surface area contributed by atoms with E-state index in [0.717, 1.165) is 0 Å². The van der Waals surface area contributed by atoms with Gasteiger partial charge in [-0.3, -0.25) is 0 Å². The summed E-state index contributed by atoms with van der Waals surface area (Å²) in [6.07, 6.45) is -6.48. The summed E-state index contributed by atoms with van der Waals surface area (Å²) in [5, 5.41) is 37.8. The van der Waals surface area contributed by atoms with Crippen molar-refractivity contribution in [3.63, 3.8) is 0 Å². The minimum absolute atomic E-state index is 0.0747. The first-order valence-corrected chi connectivity index (χ1v) is 6.17. The first kappa shape index (κ1) is 15.3. The van der Waals surface area contributed by atoms with Gasteiger partial charge in [0.2, 0.25) is 0 Å². The molecule has 1 aliphatic rings. The smallest absolute Gasteiger partial charge is 0.348 e. The van der Waals surface area contributed by atoms with Crippen molar-refractivity contribution in [3.05, 3.63) is 35.9 Å². The number of halogens is 1. The van der Waals surface area contributed by atoms with Crippen LogP contribution in [0.2, 0.25) is 0 Å². The number of rotatable bonds is 4. The fourth-order valence-corrected chi connectivity index (χ4v) is 2.07. The second-order valence-corrected chi connectivity index (χ2v) is 4.65. The Kier molecular flexibility index (Phi) is 4.69. The third-order valence-electron chi connectivity index (χ3n) is 3.16. The highest BCUT2D eigenvalue weighted by Gasteiger charge is 2.55. The zero-order chi connectivity index (χ0) is 14.8. The van der Waals surface area contributed by atoms with Crippen LogP contribution in [0.5, 0.6) is 0 Å². The summed E-state index contributed by atoms with van der Waals surface area (Å²) in [5.41, 5.74) is 0.703. The fraction of sp³-hybridized carbons (Fsp3) is 0.538. The predicted octanol–water partition coefficient (Wildman–Crippen LogP) is -0.700. The van der Waals surface area contributed by atoms with E-state index < -0.39 is 37.1 Å². The molecular weight excluding hydrogens is 271 g/mol. The summed E-state index contributed by atoms with van der Waals surface area (Å²) in [4.78, 5) is 0. The molecule has 0 amide bonds. The Hall–Kier alpha value is -1.09. The summed E-state index contributed by atoms with van der Waals surface area (Å²) in [5.74, 6) is 0. The molecule has 1 saturated heterocycles. The predicted molar refractivity (Wildman–Crippen MR) is 65.0 cm³/mol. The van der Waals surface area contributed by atoms with Gasteiger partial charge in [-0.15, -0.1) is 0 Å². The molecule has 0 saturated carbocycles. The summed E-state index contributed by atoms with van der Waals surface area (Å²) >= 11 is 0. The fourth-order valence-electron chi connectivity index (χ4n) is 2.07. The number of aliphatic hydroxyl groups excluding tert-OH is 3. The summed E-state index contributed by atoms with van der Waals surface area (Å²) < 4.78 is 23.6. The molecular formula is C13H17FO6. The molecule has 0 radical (unpaired) electrons. The van der Waals surface area contributed by atoms with Crippen LogP contribution in [0.4, 0.5) is 4.39 Å². The molecule has 7 heteroatoms. The van der Waals surface area contributed by atoms with E-state index in [-0.39, 0.29) is 6.61 Å². The van der Waals surface area contributed by atoms with Gasteiger partial charge in [-0.1, -0.05) is 30.3 Å². The maximum Gasteiger partial charge on any atom is 0.348 e. The normalized spacial score (nSPS) is 37.9. The molecule has 1 fully saturated rings. The topological polar surface area (TPSA) is 99.4 Å². The van der Waals surface area contributed by atoms with Crippen LogP contribution < -0.4 is 0 Å². The highest BCUT2D eigenvalue weighted by Crippen LogP contribution is 2.31. The highest BCUT2D eigenvalue weighted by atomic mass is 19.2. The van der Waals surface area contributed by atoms with Gasteiger partial charge in [0.25, 0.3) is 0 Å². The van der Waals surface area contributed by atoms with Gasteiger partial charge in [0.1, 0.15) is 18.3 Å². The second-order valence-electron chi connectivity index (χ2n) is 4.65. The number of hydrogen-bond donors (Lipinski definition) is 4. The Balaban J connectivity index is 2.05. The monoisotopic (exact) mass is 288 g/mol. The van der Waals surface area contributed by atoms with Crippen molar-refractivity contribution in [3.8, 4) is 0 Å². The van der Waals surface area contributed by atoms with Crippen molar-refractivity contribution in [2.45, 2.75) is 37.1 Å². The van der Waals surface area contributed by atoms with Gasteiger partial charge in [-0.2, -0.15) is 4.39 Å². The first-order chi connectivity index (χ1) is 9.45. The minimum atomic E-state index is -3.29. The molecule has 1 heterocycles. The van der Waals surface area contributed by atoms with Crippen LogP contribution in [0.25, 0.3) is 0 Å². The summed E-state index contributed by atoms with van der Waals surface area (Å²) in [6, 6.07) is 5.46. The van der Waals surface area contributed by atoms with Gasteiger partial charge >= 0.3 is 6.04 Å². The molecule has 0 aliphatic carbocycles. The van der Waals surface area contributed by atoms with E-state index >= 15 is 0 Å². The zero-order valence-electron chi connectivity index (χ0n) is 10.6. The Bertz CT molecular complexity index is 426. The Morgan fingerprint density at radius 2 is 1.85 bits per heavy atom. The molecule has 0 bridgehead atoms. The zero-order valence-corrected chi connectivity index (χ0v) is 10.6. The maximum absolute atomic E-state index is 13.9. The van der Waals surface area contributed by atoms with Crippen LogP contribution in [-0.4, -0.2) is 57.5 Å². The van der Waals surface area contributed by atoms with Crippen LogP contribution in [0.15, 0.2) is 30.3 Å². The lowest BCUT2D eigenvalue weighted by atomic mass is 9.98. The largest absolute Gasteiger partial charge is 0.394 e. The summed E-state index contributed by atoms with van der Waals surface area (Å²) in [7, 11) is 0. The number of ether oxygens (including phenoxy) is 2. The van der Waals surface area contributed by atoms with Crippen LogP contribution in [0.3, 0.4) is 0 Å². The number of hydrogen-bond acceptors (Lipinski definition) is 6. The molecule has 0 aromatic heterocycles. The molecule has 112 valence electrons. The van der Waals surface area contributed by atoms with E-state index in [1.54, 1.807) is 30.3 Å².